The molecular weight excluding hydrogens is 342 g/mol. The Morgan fingerprint density at radius 3 is 2.88 bits per heavy atom. The topological polar surface area (TPSA) is 59.2 Å². The van der Waals surface area contributed by atoms with Crippen molar-refractivity contribution in [3.63, 3.8) is 0 Å². The molecule has 0 fully saturated rings. The van der Waals surface area contributed by atoms with E-state index in [4.69, 9.17) is 4.42 Å². The van der Waals surface area contributed by atoms with E-state index in [1.54, 1.807) is 41.0 Å². The van der Waals surface area contributed by atoms with E-state index in [-0.39, 0.29) is 5.91 Å². The first kappa shape index (κ1) is 15.0. The van der Waals surface area contributed by atoms with Crippen LogP contribution in [0, 0.1) is 0 Å². The number of para-hydroxylation sites is 1. The molecule has 0 aliphatic rings. The second kappa shape index (κ2) is 6.18. The summed E-state index contributed by atoms with van der Waals surface area (Å²) in [4.78, 5) is 23.1. The summed E-state index contributed by atoms with van der Waals surface area (Å²) in [5.41, 5.74) is 1.39. The van der Waals surface area contributed by atoms with Gasteiger partial charge in [-0.25, -0.2) is 9.97 Å². The molecule has 3 aromatic heterocycles. The predicted molar refractivity (Wildman–Crippen MR) is 95.2 cm³/mol. The van der Waals surface area contributed by atoms with E-state index in [1.165, 1.54) is 11.3 Å². The molecule has 120 valence electrons. The summed E-state index contributed by atoms with van der Waals surface area (Å²) in [7, 11) is 1.76. The number of amides is 1. The average Bonchev–Trinajstić information content (AvgIpc) is 3.32. The summed E-state index contributed by atoms with van der Waals surface area (Å²) >= 11 is 3.00. The van der Waals surface area contributed by atoms with Gasteiger partial charge in [0.05, 0.1) is 23.0 Å². The molecule has 0 aliphatic carbocycles. The first-order chi connectivity index (χ1) is 11.7. The van der Waals surface area contributed by atoms with Crippen LogP contribution in [-0.2, 0) is 6.54 Å². The van der Waals surface area contributed by atoms with E-state index in [2.05, 4.69) is 9.97 Å². The molecule has 0 atom stereocenters. The lowest BCUT2D eigenvalue weighted by atomic mass is 10.3. The number of carbonyl (C=O) groups excluding carboxylic acids is 1. The Kier molecular flexibility index (Phi) is 3.87. The second-order valence-corrected chi connectivity index (χ2v) is 7.23. The molecule has 0 saturated heterocycles. The molecule has 0 spiro atoms. The van der Waals surface area contributed by atoms with Crippen LogP contribution in [0.25, 0.3) is 21.0 Å². The summed E-state index contributed by atoms with van der Waals surface area (Å²) in [5, 5.41) is 3.37. The molecule has 24 heavy (non-hydrogen) atoms. The molecule has 4 rings (SSSR count). The van der Waals surface area contributed by atoms with Crippen molar-refractivity contribution in [2.45, 2.75) is 6.54 Å². The minimum absolute atomic E-state index is 0.122. The van der Waals surface area contributed by atoms with Crippen LogP contribution < -0.4 is 0 Å². The lowest BCUT2D eigenvalue weighted by Crippen LogP contribution is -2.26. The van der Waals surface area contributed by atoms with Gasteiger partial charge >= 0.3 is 0 Å². The molecular formula is C17H13N3O2S2. The Hall–Kier alpha value is -2.51. The van der Waals surface area contributed by atoms with Crippen molar-refractivity contribution in [3.8, 4) is 10.8 Å². The fraction of sp³-hybridized carbons (Fsp3) is 0.118. The van der Waals surface area contributed by atoms with Crippen LogP contribution in [-0.4, -0.2) is 27.8 Å². The molecule has 1 amide bonds. The number of nitrogens with zero attached hydrogens (tertiary/aromatic N) is 3. The molecule has 7 heteroatoms. The van der Waals surface area contributed by atoms with Crippen LogP contribution in [0.5, 0.6) is 0 Å². The highest BCUT2D eigenvalue weighted by molar-refractivity contribution is 7.18. The summed E-state index contributed by atoms with van der Waals surface area (Å²) in [6.07, 6.45) is 1.59. The Labute approximate surface area is 146 Å². The number of aromatic nitrogens is 2. The van der Waals surface area contributed by atoms with Gasteiger partial charge in [0.1, 0.15) is 10.7 Å². The van der Waals surface area contributed by atoms with Crippen LogP contribution in [0.2, 0.25) is 0 Å². The maximum Gasteiger partial charge on any atom is 0.273 e. The van der Waals surface area contributed by atoms with Gasteiger partial charge in [-0.15, -0.1) is 22.7 Å². The lowest BCUT2D eigenvalue weighted by molar-refractivity contribution is 0.0780. The molecule has 4 aromatic rings. The van der Waals surface area contributed by atoms with Crippen molar-refractivity contribution < 1.29 is 9.21 Å². The standard InChI is InChI=1S/C17H13N3O2S2/c1-20(9-15-18-11-5-2-3-7-14(11)24-15)17(21)12-10-23-16(19-12)13-6-4-8-22-13/h2-8,10H,9H2,1H3. The summed E-state index contributed by atoms with van der Waals surface area (Å²) in [6, 6.07) is 11.6. The second-order valence-electron chi connectivity index (χ2n) is 5.25. The molecule has 1 aromatic carbocycles. The highest BCUT2D eigenvalue weighted by Gasteiger charge is 2.18. The Balaban J connectivity index is 1.51. The molecule has 0 bridgehead atoms. The fourth-order valence-corrected chi connectivity index (χ4v) is 4.12. The van der Waals surface area contributed by atoms with Gasteiger partial charge in [-0.1, -0.05) is 12.1 Å². The minimum Gasteiger partial charge on any atom is -0.462 e. The smallest absolute Gasteiger partial charge is 0.273 e. The zero-order chi connectivity index (χ0) is 16.5. The van der Waals surface area contributed by atoms with Crippen LogP contribution in [0.15, 0.2) is 52.5 Å². The van der Waals surface area contributed by atoms with Gasteiger partial charge in [0.25, 0.3) is 5.91 Å². The van der Waals surface area contributed by atoms with Gasteiger partial charge in [0, 0.05) is 12.4 Å². The van der Waals surface area contributed by atoms with Crippen LogP contribution in [0.3, 0.4) is 0 Å². The van der Waals surface area contributed by atoms with E-state index < -0.39 is 0 Å². The number of benzene rings is 1. The van der Waals surface area contributed by atoms with Gasteiger partial charge in [-0.2, -0.15) is 0 Å². The summed E-state index contributed by atoms with van der Waals surface area (Å²) < 4.78 is 6.44. The lowest BCUT2D eigenvalue weighted by Gasteiger charge is -2.13. The van der Waals surface area contributed by atoms with Crippen molar-refractivity contribution in [2.24, 2.45) is 0 Å². The first-order valence-corrected chi connectivity index (χ1v) is 8.99. The number of hydrogen-bond acceptors (Lipinski definition) is 6. The van der Waals surface area contributed by atoms with E-state index in [0.29, 0.717) is 23.0 Å². The van der Waals surface area contributed by atoms with Crippen molar-refractivity contribution in [1.29, 1.82) is 0 Å². The zero-order valence-corrected chi connectivity index (χ0v) is 14.4. The average molecular weight is 355 g/mol. The van der Waals surface area contributed by atoms with Crippen LogP contribution in [0.1, 0.15) is 15.5 Å². The van der Waals surface area contributed by atoms with Gasteiger partial charge < -0.3 is 9.32 Å². The predicted octanol–water partition coefficient (Wildman–Crippen LogP) is 4.29. The van der Waals surface area contributed by atoms with Crippen LogP contribution >= 0.6 is 22.7 Å². The molecule has 0 unspecified atom stereocenters. The van der Waals surface area contributed by atoms with Gasteiger partial charge in [0.2, 0.25) is 0 Å². The summed E-state index contributed by atoms with van der Waals surface area (Å²) in [5.74, 6) is 0.552. The molecule has 0 N–H and O–H groups in total. The highest BCUT2D eigenvalue weighted by atomic mass is 32.1. The van der Waals surface area contributed by atoms with Crippen molar-refractivity contribution in [2.75, 3.05) is 7.05 Å². The maximum absolute atomic E-state index is 12.6. The normalized spacial score (nSPS) is 11.0. The third-order valence-corrected chi connectivity index (χ3v) is 5.39. The molecule has 3 heterocycles. The molecule has 5 nitrogen and oxygen atoms in total. The fourth-order valence-electron chi connectivity index (χ4n) is 2.34. The first-order valence-electron chi connectivity index (χ1n) is 7.30. The van der Waals surface area contributed by atoms with E-state index in [9.17, 15) is 4.79 Å². The molecule has 0 saturated carbocycles. The Morgan fingerprint density at radius 2 is 2.08 bits per heavy atom. The van der Waals surface area contributed by atoms with E-state index >= 15 is 0 Å². The number of thiazole rings is 2. The zero-order valence-electron chi connectivity index (χ0n) is 12.8. The number of carbonyl (C=O) groups is 1. The minimum atomic E-state index is -0.122. The largest absolute Gasteiger partial charge is 0.462 e. The number of rotatable bonds is 4. The Bertz CT molecular complexity index is 955. The third-order valence-electron chi connectivity index (χ3n) is 3.51. The van der Waals surface area contributed by atoms with Gasteiger partial charge in [-0.3, -0.25) is 4.79 Å². The SMILES string of the molecule is CN(Cc1nc2ccccc2s1)C(=O)c1csc(-c2ccco2)n1. The number of fused-ring (bicyclic) bond motifs is 1. The quantitative estimate of drug-likeness (QED) is 0.548. The van der Waals surface area contributed by atoms with Crippen molar-refractivity contribution in [1.82, 2.24) is 14.9 Å². The third kappa shape index (κ3) is 2.83. The van der Waals surface area contributed by atoms with Crippen molar-refractivity contribution in [3.05, 3.63) is 58.7 Å². The molecule has 0 radical (unpaired) electrons. The van der Waals surface area contributed by atoms with Crippen LogP contribution in [0.4, 0.5) is 0 Å². The van der Waals surface area contributed by atoms with Gasteiger partial charge in [-0.05, 0) is 24.3 Å². The summed E-state index contributed by atoms with van der Waals surface area (Å²) in [6.45, 7) is 0.464. The number of furan rings is 1. The van der Waals surface area contributed by atoms with E-state index in [0.717, 1.165) is 15.2 Å². The van der Waals surface area contributed by atoms with Crippen molar-refractivity contribution >= 4 is 38.8 Å². The monoisotopic (exact) mass is 355 g/mol. The molecule has 0 aliphatic heterocycles. The highest BCUT2D eigenvalue weighted by Crippen LogP contribution is 2.25. The maximum atomic E-state index is 12.6. The van der Waals surface area contributed by atoms with E-state index in [1.807, 2.05) is 30.3 Å². The number of hydrogen-bond donors (Lipinski definition) is 0. The Morgan fingerprint density at radius 1 is 1.21 bits per heavy atom. The van der Waals surface area contributed by atoms with Gasteiger partial charge in [0.15, 0.2) is 10.8 Å².